The molecule has 0 radical (unpaired) electrons. The average Bonchev–Trinajstić information content (AvgIpc) is 2.63. The molecule has 8 heteroatoms. The molecule has 0 aliphatic heterocycles. The molecule has 28 heavy (non-hydrogen) atoms. The summed E-state index contributed by atoms with van der Waals surface area (Å²) in [6.07, 6.45) is -0.332. The normalized spacial score (nSPS) is 11.1. The van der Waals surface area contributed by atoms with Crippen molar-refractivity contribution in [1.82, 2.24) is 10.6 Å². The molecule has 0 aliphatic carbocycles. The second kappa shape index (κ2) is 14.7. The Balaban J connectivity index is 0.00000364. The first-order valence-corrected chi connectivity index (χ1v) is 9.10. The first kappa shape index (κ1) is 26.8. The van der Waals surface area contributed by atoms with Gasteiger partial charge in [0.25, 0.3) is 0 Å². The van der Waals surface area contributed by atoms with Gasteiger partial charge in [-0.25, -0.2) is 0 Å². The molecule has 0 saturated carbocycles. The Morgan fingerprint density at radius 3 is 2.36 bits per heavy atom. The van der Waals surface area contributed by atoms with Crippen molar-refractivity contribution in [2.75, 3.05) is 26.7 Å². The third-order valence-electron chi connectivity index (χ3n) is 3.76. The maximum Gasteiger partial charge on any atom is 0.180 e. The predicted octanol–water partition coefficient (Wildman–Crippen LogP) is 3.83. The number of rotatable bonds is 11. The predicted molar refractivity (Wildman–Crippen MR) is 120 cm³/mol. The van der Waals surface area contributed by atoms with Crippen molar-refractivity contribution in [3.63, 3.8) is 0 Å². The fourth-order valence-electron chi connectivity index (χ4n) is 2.47. The smallest absolute Gasteiger partial charge is 0.180 e. The minimum atomic E-state index is -0.332. The van der Waals surface area contributed by atoms with E-state index in [1.165, 1.54) is 0 Å². The van der Waals surface area contributed by atoms with Crippen LogP contribution in [-0.2, 0) is 13.2 Å². The monoisotopic (exact) mass is 450 g/mol. The van der Waals surface area contributed by atoms with E-state index in [1.54, 1.807) is 14.0 Å². The van der Waals surface area contributed by atoms with Gasteiger partial charge in [-0.3, -0.25) is 0 Å². The van der Waals surface area contributed by atoms with Gasteiger partial charge in [0.2, 0.25) is 0 Å². The molecule has 0 amide bonds. The van der Waals surface area contributed by atoms with Crippen LogP contribution in [0.5, 0.6) is 11.5 Å². The van der Waals surface area contributed by atoms with E-state index in [9.17, 15) is 5.11 Å². The Hall–Kier alpha value is -1.21. The summed E-state index contributed by atoms with van der Waals surface area (Å²) in [5, 5.41) is 16.2. The van der Waals surface area contributed by atoms with E-state index >= 15 is 0 Å². The summed E-state index contributed by atoms with van der Waals surface area (Å²) in [4.78, 5) is 0. The SMILES string of the molecule is COc1cc(CNCCNCC(C)O)cc(Cl)c1OCc1ccccc1.Cl.Cl. The Bertz CT molecular complexity index is 673. The molecule has 5 nitrogen and oxygen atoms in total. The topological polar surface area (TPSA) is 62.8 Å². The maximum atomic E-state index is 9.19. The van der Waals surface area contributed by atoms with Gasteiger partial charge in [0, 0.05) is 26.2 Å². The van der Waals surface area contributed by atoms with Gasteiger partial charge in [0.1, 0.15) is 6.61 Å². The number of aliphatic hydroxyl groups is 1. The van der Waals surface area contributed by atoms with Crippen LogP contribution >= 0.6 is 36.4 Å². The molecule has 1 unspecified atom stereocenters. The molecule has 2 aromatic rings. The lowest BCUT2D eigenvalue weighted by Gasteiger charge is -2.15. The Kier molecular flexibility index (Phi) is 14.1. The summed E-state index contributed by atoms with van der Waals surface area (Å²) in [5.41, 5.74) is 2.09. The standard InChI is InChI=1S/C20H27ClN2O3.2ClH/c1-15(24)12-22-8-9-23-13-17-10-18(21)20(19(11-17)25-2)26-14-16-6-4-3-5-7-16;;/h3-7,10-11,15,22-24H,8-9,12-14H2,1-2H3;2*1H. The van der Waals surface area contributed by atoms with Crippen LogP contribution in [0.25, 0.3) is 0 Å². The van der Waals surface area contributed by atoms with Crippen molar-refractivity contribution < 1.29 is 14.6 Å². The first-order valence-electron chi connectivity index (χ1n) is 8.72. The zero-order valence-electron chi connectivity index (χ0n) is 16.1. The molecule has 2 aromatic carbocycles. The van der Waals surface area contributed by atoms with Gasteiger partial charge in [-0.05, 0) is 30.2 Å². The van der Waals surface area contributed by atoms with Crippen LogP contribution in [0, 0.1) is 0 Å². The minimum Gasteiger partial charge on any atom is -0.493 e. The van der Waals surface area contributed by atoms with Crippen molar-refractivity contribution >= 4 is 36.4 Å². The lowest BCUT2D eigenvalue weighted by Crippen LogP contribution is -2.31. The zero-order valence-corrected chi connectivity index (χ0v) is 18.5. The molecule has 0 spiro atoms. The van der Waals surface area contributed by atoms with Crippen molar-refractivity contribution in [3.05, 3.63) is 58.6 Å². The molecular formula is C20H29Cl3N2O3. The van der Waals surface area contributed by atoms with E-state index in [2.05, 4.69) is 10.6 Å². The summed E-state index contributed by atoms with van der Waals surface area (Å²) in [6.45, 7) is 5.03. The highest BCUT2D eigenvalue weighted by molar-refractivity contribution is 6.32. The molecule has 0 bridgehead atoms. The van der Waals surface area contributed by atoms with Crippen molar-refractivity contribution in [2.24, 2.45) is 0 Å². The van der Waals surface area contributed by atoms with Crippen LogP contribution in [0.2, 0.25) is 5.02 Å². The Morgan fingerprint density at radius 2 is 1.71 bits per heavy atom. The van der Waals surface area contributed by atoms with E-state index in [-0.39, 0.29) is 30.9 Å². The zero-order chi connectivity index (χ0) is 18.8. The number of aliphatic hydroxyl groups excluding tert-OH is 1. The van der Waals surface area contributed by atoms with Crippen molar-refractivity contribution in [1.29, 1.82) is 0 Å². The van der Waals surface area contributed by atoms with E-state index in [0.717, 1.165) is 24.2 Å². The Morgan fingerprint density at radius 1 is 1.04 bits per heavy atom. The molecule has 3 N–H and O–H groups in total. The maximum absolute atomic E-state index is 9.19. The molecule has 0 aliphatic rings. The van der Waals surface area contributed by atoms with Gasteiger partial charge < -0.3 is 25.2 Å². The molecular weight excluding hydrogens is 423 g/mol. The van der Waals surface area contributed by atoms with E-state index in [1.807, 2.05) is 42.5 Å². The minimum absolute atomic E-state index is 0. The second-order valence-electron chi connectivity index (χ2n) is 6.11. The van der Waals surface area contributed by atoms with Crippen LogP contribution in [0.1, 0.15) is 18.1 Å². The molecule has 2 rings (SSSR count). The molecule has 0 heterocycles. The fraction of sp³-hybridized carbons (Fsp3) is 0.400. The van der Waals surface area contributed by atoms with Crippen molar-refractivity contribution in [2.45, 2.75) is 26.2 Å². The van der Waals surface area contributed by atoms with Crippen LogP contribution < -0.4 is 20.1 Å². The van der Waals surface area contributed by atoms with Gasteiger partial charge in [-0.2, -0.15) is 0 Å². The average molecular weight is 452 g/mol. The van der Waals surface area contributed by atoms with Crippen molar-refractivity contribution in [3.8, 4) is 11.5 Å². The summed E-state index contributed by atoms with van der Waals surface area (Å²) < 4.78 is 11.3. The molecule has 0 aromatic heterocycles. The van der Waals surface area contributed by atoms with Gasteiger partial charge in [-0.1, -0.05) is 41.9 Å². The van der Waals surface area contributed by atoms with Crippen LogP contribution in [0.15, 0.2) is 42.5 Å². The molecule has 0 saturated heterocycles. The lowest BCUT2D eigenvalue weighted by atomic mass is 10.2. The van der Waals surface area contributed by atoms with E-state index in [0.29, 0.717) is 36.2 Å². The number of nitrogens with one attached hydrogen (secondary N) is 2. The van der Waals surface area contributed by atoms with Crippen LogP contribution in [0.4, 0.5) is 0 Å². The van der Waals surface area contributed by atoms with E-state index < -0.39 is 0 Å². The number of halogens is 3. The van der Waals surface area contributed by atoms with Crippen LogP contribution in [0.3, 0.4) is 0 Å². The summed E-state index contributed by atoms with van der Waals surface area (Å²) >= 11 is 6.40. The quantitative estimate of drug-likeness (QED) is 0.453. The first-order chi connectivity index (χ1) is 12.6. The Labute approximate surface area is 184 Å². The summed E-state index contributed by atoms with van der Waals surface area (Å²) in [7, 11) is 1.61. The largest absolute Gasteiger partial charge is 0.493 e. The highest BCUT2D eigenvalue weighted by Gasteiger charge is 2.12. The van der Waals surface area contributed by atoms with E-state index in [4.69, 9.17) is 21.1 Å². The lowest BCUT2D eigenvalue weighted by molar-refractivity contribution is 0.191. The highest BCUT2D eigenvalue weighted by Crippen LogP contribution is 2.36. The molecule has 0 fully saturated rings. The molecule has 1 atom stereocenters. The number of hydrogen-bond acceptors (Lipinski definition) is 5. The van der Waals surface area contributed by atoms with Gasteiger partial charge in [0.05, 0.1) is 18.2 Å². The van der Waals surface area contributed by atoms with Gasteiger partial charge >= 0.3 is 0 Å². The summed E-state index contributed by atoms with van der Waals surface area (Å²) in [5.74, 6) is 1.18. The van der Waals surface area contributed by atoms with Gasteiger partial charge in [0.15, 0.2) is 11.5 Å². The third kappa shape index (κ3) is 9.32. The summed E-state index contributed by atoms with van der Waals surface area (Å²) in [6, 6.07) is 13.8. The number of ether oxygens (including phenoxy) is 2. The fourth-order valence-corrected chi connectivity index (χ4v) is 2.75. The third-order valence-corrected chi connectivity index (χ3v) is 4.04. The molecule has 158 valence electrons. The van der Waals surface area contributed by atoms with Gasteiger partial charge in [-0.15, -0.1) is 24.8 Å². The number of hydrogen-bond donors (Lipinski definition) is 3. The number of benzene rings is 2. The second-order valence-corrected chi connectivity index (χ2v) is 6.52. The number of methoxy groups -OCH3 is 1. The van der Waals surface area contributed by atoms with Crippen LogP contribution in [-0.4, -0.2) is 38.0 Å². The highest BCUT2D eigenvalue weighted by atomic mass is 35.5.